The van der Waals surface area contributed by atoms with E-state index in [1.165, 1.54) is 14.2 Å². The maximum absolute atomic E-state index is 12.3. The fourth-order valence-corrected chi connectivity index (χ4v) is 2.19. The number of rotatable bonds is 6. The summed E-state index contributed by atoms with van der Waals surface area (Å²) in [4.78, 5) is 12.3. The van der Waals surface area contributed by atoms with Crippen LogP contribution in [-0.2, 0) is 5.60 Å². The first-order chi connectivity index (χ1) is 11.0. The number of hydrogen-bond acceptors (Lipinski definition) is 4. The van der Waals surface area contributed by atoms with Crippen LogP contribution in [0.2, 0.25) is 0 Å². The van der Waals surface area contributed by atoms with Gasteiger partial charge in [0.25, 0.3) is 5.91 Å². The molecular formula is C18H21NO4. The van der Waals surface area contributed by atoms with E-state index in [4.69, 9.17) is 9.47 Å². The van der Waals surface area contributed by atoms with Crippen molar-refractivity contribution in [3.63, 3.8) is 0 Å². The first-order valence-electron chi connectivity index (χ1n) is 7.25. The number of benzene rings is 2. The van der Waals surface area contributed by atoms with E-state index in [9.17, 15) is 9.90 Å². The maximum Gasteiger partial charge on any atom is 0.251 e. The Bertz CT molecular complexity index is 646. The Morgan fingerprint density at radius 3 is 2.17 bits per heavy atom. The van der Waals surface area contributed by atoms with Crippen LogP contribution in [0.4, 0.5) is 0 Å². The summed E-state index contributed by atoms with van der Waals surface area (Å²) in [5.41, 5.74) is -0.00607. The quantitative estimate of drug-likeness (QED) is 0.858. The molecule has 0 heterocycles. The van der Waals surface area contributed by atoms with E-state index in [-0.39, 0.29) is 12.5 Å². The summed E-state index contributed by atoms with van der Waals surface area (Å²) in [6, 6.07) is 14.1. The summed E-state index contributed by atoms with van der Waals surface area (Å²) in [5, 5.41) is 13.3. The van der Waals surface area contributed by atoms with Crippen LogP contribution in [0.25, 0.3) is 0 Å². The molecule has 2 aromatic rings. The normalized spacial score (nSPS) is 13.0. The van der Waals surface area contributed by atoms with Gasteiger partial charge in [0.2, 0.25) is 0 Å². The van der Waals surface area contributed by atoms with Crippen LogP contribution in [0.1, 0.15) is 22.8 Å². The van der Waals surface area contributed by atoms with Crippen molar-refractivity contribution in [1.82, 2.24) is 5.32 Å². The molecule has 0 bridgehead atoms. The third-order valence-electron chi connectivity index (χ3n) is 3.60. The molecule has 0 fully saturated rings. The highest BCUT2D eigenvalue weighted by Crippen LogP contribution is 2.23. The predicted octanol–water partition coefficient (Wildman–Crippen LogP) is 2.34. The lowest BCUT2D eigenvalue weighted by molar-refractivity contribution is 0.0526. The minimum Gasteiger partial charge on any atom is -0.497 e. The second-order valence-corrected chi connectivity index (χ2v) is 5.42. The van der Waals surface area contributed by atoms with Gasteiger partial charge >= 0.3 is 0 Å². The zero-order valence-corrected chi connectivity index (χ0v) is 13.5. The molecule has 0 radical (unpaired) electrons. The van der Waals surface area contributed by atoms with Gasteiger partial charge in [-0.1, -0.05) is 30.3 Å². The molecule has 0 spiro atoms. The number of hydrogen-bond donors (Lipinski definition) is 2. The largest absolute Gasteiger partial charge is 0.497 e. The number of ether oxygens (including phenoxy) is 2. The van der Waals surface area contributed by atoms with E-state index in [2.05, 4.69) is 5.32 Å². The summed E-state index contributed by atoms with van der Waals surface area (Å²) in [6.45, 7) is 1.75. The number of carbonyl (C=O) groups excluding carboxylic acids is 1. The molecular weight excluding hydrogens is 294 g/mol. The Kier molecular flexibility index (Phi) is 5.24. The van der Waals surface area contributed by atoms with E-state index in [0.29, 0.717) is 17.1 Å². The van der Waals surface area contributed by atoms with Gasteiger partial charge in [0.15, 0.2) is 0 Å². The van der Waals surface area contributed by atoms with Crippen molar-refractivity contribution in [1.29, 1.82) is 0 Å². The van der Waals surface area contributed by atoms with Crippen molar-refractivity contribution in [2.45, 2.75) is 12.5 Å². The minimum absolute atomic E-state index is 0.0926. The summed E-state index contributed by atoms with van der Waals surface area (Å²) >= 11 is 0. The second kappa shape index (κ2) is 7.15. The highest BCUT2D eigenvalue weighted by Gasteiger charge is 2.24. The summed E-state index contributed by atoms with van der Waals surface area (Å²) in [5.74, 6) is 0.757. The lowest BCUT2D eigenvalue weighted by Crippen LogP contribution is -2.38. The lowest BCUT2D eigenvalue weighted by Gasteiger charge is -2.24. The van der Waals surface area contributed by atoms with Gasteiger partial charge in [-0.2, -0.15) is 0 Å². The molecule has 0 aromatic heterocycles. The summed E-state index contributed by atoms with van der Waals surface area (Å²) < 4.78 is 10.3. The Hall–Kier alpha value is -2.53. The SMILES string of the molecule is COc1cc(OC)cc(C(=O)NC[C@](C)(O)c2ccccc2)c1. The number of aliphatic hydroxyl groups is 1. The molecule has 0 aliphatic heterocycles. The van der Waals surface area contributed by atoms with Crippen LogP contribution in [0.15, 0.2) is 48.5 Å². The third-order valence-corrected chi connectivity index (χ3v) is 3.60. The third kappa shape index (κ3) is 4.23. The molecule has 0 aliphatic rings. The van der Waals surface area contributed by atoms with Crippen molar-refractivity contribution >= 4 is 5.91 Å². The van der Waals surface area contributed by atoms with Gasteiger partial charge in [-0.15, -0.1) is 0 Å². The molecule has 5 nitrogen and oxygen atoms in total. The van der Waals surface area contributed by atoms with Crippen molar-refractivity contribution in [3.05, 3.63) is 59.7 Å². The monoisotopic (exact) mass is 315 g/mol. The van der Waals surface area contributed by atoms with Gasteiger partial charge in [0.1, 0.15) is 17.1 Å². The van der Waals surface area contributed by atoms with Gasteiger partial charge in [-0.25, -0.2) is 0 Å². The zero-order chi connectivity index (χ0) is 16.9. The van der Waals surface area contributed by atoms with Crippen LogP contribution < -0.4 is 14.8 Å². The maximum atomic E-state index is 12.3. The number of amides is 1. The lowest BCUT2D eigenvalue weighted by atomic mass is 9.96. The molecule has 2 aromatic carbocycles. The van der Waals surface area contributed by atoms with Crippen molar-refractivity contribution in [2.75, 3.05) is 20.8 Å². The number of nitrogens with one attached hydrogen (secondary N) is 1. The molecule has 122 valence electrons. The van der Waals surface area contributed by atoms with E-state index < -0.39 is 5.60 Å². The summed E-state index contributed by atoms with van der Waals surface area (Å²) in [7, 11) is 3.05. The van der Waals surface area contributed by atoms with Gasteiger partial charge in [-0.05, 0) is 24.6 Å². The van der Waals surface area contributed by atoms with Crippen LogP contribution in [0, 0.1) is 0 Å². The number of carbonyl (C=O) groups is 1. The number of methoxy groups -OCH3 is 2. The van der Waals surface area contributed by atoms with Crippen molar-refractivity contribution < 1.29 is 19.4 Å². The molecule has 5 heteroatoms. The van der Waals surface area contributed by atoms with Crippen molar-refractivity contribution in [3.8, 4) is 11.5 Å². The Labute approximate surface area is 135 Å². The van der Waals surface area contributed by atoms with Gasteiger partial charge in [0.05, 0.1) is 20.8 Å². The fourth-order valence-electron chi connectivity index (χ4n) is 2.19. The topological polar surface area (TPSA) is 67.8 Å². The molecule has 1 atom stereocenters. The Morgan fingerprint density at radius 2 is 1.65 bits per heavy atom. The van der Waals surface area contributed by atoms with E-state index in [1.54, 1.807) is 25.1 Å². The van der Waals surface area contributed by atoms with Gasteiger partial charge < -0.3 is 19.9 Å². The fraction of sp³-hybridized carbons (Fsp3) is 0.278. The van der Waals surface area contributed by atoms with Crippen LogP contribution in [0.5, 0.6) is 11.5 Å². The first-order valence-corrected chi connectivity index (χ1v) is 7.25. The smallest absolute Gasteiger partial charge is 0.251 e. The Morgan fingerprint density at radius 1 is 1.09 bits per heavy atom. The molecule has 0 saturated carbocycles. The van der Waals surface area contributed by atoms with E-state index in [1.807, 2.05) is 30.3 Å². The second-order valence-electron chi connectivity index (χ2n) is 5.42. The summed E-state index contributed by atoms with van der Waals surface area (Å²) in [6.07, 6.45) is 0. The highest BCUT2D eigenvalue weighted by atomic mass is 16.5. The molecule has 1 amide bonds. The molecule has 0 saturated heterocycles. The van der Waals surface area contributed by atoms with Crippen molar-refractivity contribution in [2.24, 2.45) is 0 Å². The molecule has 2 N–H and O–H groups in total. The molecule has 23 heavy (non-hydrogen) atoms. The Balaban J connectivity index is 2.10. The van der Waals surface area contributed by atoms with E-state index in [0.717, 1.165) is 5.56 Å². The zero-order valence-electron chi connectivity index (χ0n) is 13.5. The predicted molar refractivity (Wildman–Crippen MR) is 87.9 cm³/mol. The highest BCUT2D eigenvalue weighted by molar-refractivity contribution is 5.95. The first kappa shape index (κ1) is 16.8. The minimum atomic E-state index is -1.15. The standard InChI is InChI=1S/C18H21NO4/c1-18(21,14-7-5-4-6-8-14)12-19-17(20)13-9-15(22-2)11-16(10-13)23-3/h4-11,21H,12H2,1-3H3,(H,19,20)/t18-/m0/s1. The van der Waals surface area contributed by atoms with Gasteiger partial charge in [0, 0.05) is 11.6 Å². The van der Waals surface area contributed by atoms with Crippen LogP contribution in [-0.4, -0.2) is 31.8 Å². The van der Waals surface area contributed by atoms with Crippen LogP contribution >= 0.6 is 0 Å². The molecule has 0 aliphatic carbocycles. The van der Waals surface area contributed by atoms with E-state index >= 15 is 0 Å². The van der Waals surface area contributed by atoms with Crippen LogP contribution in [0.3, 0.4) is 0 Å². The van der Waals surface area contributed by atoms with Gasteiger partial charge in [-0.3, -0.25) is 4.79 Å². The average molecular weight is 315 g/mol. The molecule has 2 rings (SSSR count). The average Bonchev–Trinajstić information content (AvgIpc) is 2.59. The molecule has 0 unspecified atom stereocenters.